The zero-order chi connectivity index (χ0) is 21.9. The Bertz CT molecular complexity index is 1220. The van der Waals surface area contributed by atoms with Crippen molar-refractivity contribution in [2.75, 3.05) is 25.4 Å². The third kappa shape index (κ3) is 3.94. The van der Waals surface area contributed by atoms with E-state index in [2.05, 4.69) is 21.4 Å². The van der Waals surface area contributed by atoms with Gasteiger partial charge in [0.1, 0.15) is 29.3 Å². The smallest absolute Gasteiger partial charge is 0.164 e. The van der Waals surface area contributed by atoms with Crippen molar-refractivity contribution in [2.45, 2.75) is 18.9 Å². The molecule has 162 valence electrons. The van der Waals surface area contributed by atoms with Crippen LogP contribution in [0.15, 0.2) is 73.6 Å². The number of nitrogen functional groups attached to an aromatic ring is 1. The van der Waals surface area contributed by atoms with Gasteiger partial charge >= 0.3 is 0 Å². The standard InChI is InChI=1S/C25H26N6O/c1-2-14-30-15-6-7-19(16-30)31-25-22(24(26)27-17-28-25)23(29-31)18-10-12-21(13-11-18)32-20-8-4-3-5-9-20/h2-5,8-13,17,19H,1,6-7,14-16H2,(H2,26,27,28)/t19-/m0/s1. The van der Waals surface area contributed by atoms with E-state index in [9.17, 15) is 0 Å². The normalized spacial score (nSPS) is 16.8. The maximum Gasteiger partial charge on any atom is 0.164 e. The summed E-state index contributed by atoms with van der Waals surface area (Å²) in [7, 11) is 0. The summed E-state index contributed by atoms with van der Waals surface area (Å²) in [5, 5.41) is 5.79. The lowest BCUT2D eigenvalue weighted by atomic mass is 10.1. The fraction of sp³-hybridized carbons (Fsp3) is 0.240. The van der Waals surface area contributed by atoms with Gasteiger partial charge in [-0.25, -0.2) is 14.6 Å². The molecule has 1 aliphatic heterocycles. The Morgan fingerprint density at radius 2 is 1.84 bits per heavy atom. The number of benzene rings is 2. The van der Waals surface area contributed by atoms with Crippen LogP contribution in [-0.2, 0) is 0 Å². The molecule has 0 unspecified atom stereocenters. The molecule has 4 aromatic rings. The summed E-state index contributed by atoms with van der Waals surface area (Å²) in [4.78, 5) is 11.2. The predicted octanol–water partition coefficient (Wildman–Crippen LogP) is 4.69. The fourth-order valence-corrected chi connectivity index (χ4v) is 4.34. The van der Waals surface area contributed by atoms with Gasteiger partial charge in [0.15, 0.2) is 5.65 Å². The summed E-state index contributed by atoms with van der Waals surface area (Å²) >= 11 is 0. The average Bonchev–Trinajstić information content (AvgIpc) is 3.22. The second-order valence-electron chi connectivity index (χ2n) is 8.03. The first-order valence-corrected chi connectivity index (χ1v) is 10.9. The van der Waals surface area contributed by atoms with Gasteiger partial charge in [-0.3, -0.25) is 4.90 Å². The minimum atomic E-state index is 0.231. The van der Waals surface area contributed by atoms with Crippen molar-refractivity contribution in [3.8, 4) is 22.8 Å². The molecule has 1 saturated heterocycles. The highest BCUT2D eigenvalue weighted by Gasteiger charge is 2.26. The second-order valence-corrected chi connectivity index (χ2v) is 8.03. The zero-order valence-electron chi connectivity index (χ0n) is 17.9. The molecule has 0 bridgehead atoms. The Labute approximate surface area is 187 Å². The van der Waals surface area contributed by atoms with Gasteiger partial charge in [-0.15, -0.1) is 6.58 Å². The van der Waals surface area contributed by atoms with E-state index in [0.29, 0.717) is 5.82 Å². The summed E-state index contributed by atoms with van der Waals surface area (Å²) in [5.41, 5.74) is 8.82. The number of fused-ring (bicyclic) bond motifs is 1. The molecule has 1 aliphatic rings. The Hall–Kier alpha value is -3.71. The summed E-state index contributed by atoms with van der Waals surface area (Å²) in [6.45, 7) is 6.75. The molecule has 32 heavy (non-hydrogen) atoms. The SMILES string of the molecule is C=CCN1CCC[C@H](n2nc(-c3ccc(Oc4ccccc4)cc3)c3c(N)ncnc32)C1. The fourth-order valence-electron chi connectivity index (χ4n) is 4.34. The quantitative estimate of drug-likeness (QED) is 0.451. The summed E-state index contributed by atoms with van der Waals surface area (Å²) < 4.78 is 7.96. The summed E-state index contributed by atoms with van der Waals surface area (Å²) in [6, 6.07) is 17.9. The molecule has 0 spiro atoms. The molecule has 2 aromatic carbocycles. The van der Waals surface area contributed by atoms with E-state index in [1.807, 2.05) is 65.4 Å². The van der Waals surface area contributed by atoms with Crippen LogP contribution in [0.1, 0.15) is 18.9 Å². The minimum absolute atomic E-state index is 0.231. The molecule has 7 heteroatoms. The molecule has 5 rings (SSSR count). The van der Waals surface area contributed by atoms with Crippen molar-refractivity contribution in [1.29, 1.82) is 0 Å². The van der Waals surface area contributed by atoms with Crippen LogP contribution in [0.25, 0.3) is 22.3 Å². The van der Waals surface area contributed by atoms with Gasteiger partial charge < -0.3 is 10.5 Å². The highest BCUT2D eigenvalue weighted by molar-refractivity contribution is 5.98. The van der Waals surface area contributed by atoms with Gasteiger partial charge in [-0.2, -0.15) is 5.10 Å². The number of ether oxygens (including phenoxy) is 1. The van der Waals surface area contributed by atoms with Crippen LogP contribution in [0.2, 0.25) is 0 Å². The Kier molecular flexibility index (Phi) is 5.56. The second kappa shape index (κ2) is 8.80. The van der Waals surface area contributed by atoms with E-state index in [1.54, 1.807) is 0 Å². The summed E-state index contributed by atoms with van der Waals surface area (Å²) in [6.07, 6.45) is 5.63. The van der Waals surface area contributed by atoms with Crippen LogP contribution in [-0.4, -0.2) is 44.3 Å². The molecule has 0 saturated carbocycles. The molecule has 0 amide bonds. The molecular weight excluding hydrogens is 400 g/mol. The van der Waals surface area contributed by atoms with Crippen LogP contribution in [0, 0.1) is 0 Å². The number of likely N-dealkylation sites (tertiary alicyclic amines) is 1. The van der Waals surface area contributed by atoms with Crippen LogP contribution < -0.4 is 10.5 Å². The third-order valence-corrected chi connectivity index (χ3v) is 5.84. The molecule has 2 N–H and O–H groups in total. The highest BCUT2D eigenvalue weighted by Crippen LogP contribution is 2.34. The van der Waals surface area contributed by atoms with Crippen LogP contribution >= 0.6 is 0 Å². The Balaban J connectivity index is 1.50. The predicted molar refractivity (Wildman–Crippen MR) is 127 cm³/mol. The van der Waals surface area contributed by atoms with E-state index < -0.39 is 0 Å². The molecule has 3 heterocycles. The Morgan fingerprint density at radius 3 is 2.62 bits per heavy atom. The lowest BCUT2D eigenvalue weighted by Gasteiger charge is -2.32. The van der Waals surface area contributed by atoms with E-state index in [1.165, 1.54) is 6.33 Å². The average molecular weight is 427 g/mol. The van der Waals surface area contributed by atoms with Gasteiger partial charge in [-0.05, 0) is 55.8 Å². The number of rotatable bonds is 6. The van der Waals surface area contributed by atoms with E-state index in [0.717, 1.165) is 66.3 Å². The van der Waals surface area contributed by atoms with Gasteiger partial charge in [0.2, 0.25) is 0 Å². The number of hydrogen-bond acceptors (Lipinski definition) is 6. The van der Waals surface area contributed by atoms with Gasteiger partial charge in [-0.1, -0.05) is 24.3 Å². The first-order chi connectivity index (χ1) is 15.7. The maximum absolute atomic E-state index is 6.29. The maximum atomic E-state index is 6.29. The number of anilines is 1. The molecule has 1 fully saturated rings. The molecule has 2 aromatic heterocycles. The van der Waals surface area contributed by atoms with E-state index in [4.69, 9.17) is 15.6 Å². The topological polar surface area (TPSA) is 82.1 Å². The van der Waals surface area contributed by atoms with E-state index >= 15 is 0 Å². The first-order valence-electron chi connectivity index (χ1n) is 10.9. The highest BCUT2D eigenvalue weighted by atomic mass is 16.5. The van der Waals surface area contributed by atoms with Crippen molar-refractivity contribution in [1.82, 2.24) is 24.6 Å². The van der Waals surface area contributed by atoms with Crippen LogP contribution in [0.5, 0.6) is 11.5 Å². The summed E-state index contributed by atoms with van der Waals surface area (Å²) in [5.74, 6) is 2.01. The molecular formula is C25H26N6O. The lowest BCUT2D eigenvalue weighted by molar-refractivity contribution is 0.188. The van der Waals surface area contributed by atoms with E-state index in [-0.39, 0.29) is 6.04 Å². The number of para-hydroxylation sites is 1. The number of nitrogens with zero attached hydrogens (tertiary/aromatic N) is 5. The lowest BCUT2D eigenvalue weighted by Crippen LogP contribution is -2.37. The minimum Gasteiger partial charge on any atom is -0.457 e. The third-order valence-electron chi connectivity index (χ3n) is 5.84. The number of hydrogen-bond donors (Lipinski definition) is 1. The number of aromatic nitrogens is 4. The van der Waals surface area contributed by atoms with Crippen LogP contribution in [0.4, 0.5) is 5.82 Å². The molecule has 0 aliphatic carbocycles. The first kappa shape index (κ1) is 20.2. The number of piperidine rings is 1. The monoisotopic (exact) mass is 426 g/mol. The number of nitrogens with two attached hydrogens (primary N) is 1. The van der Waals surface area contributed by atoms with Crippen molar-refractivity contribution in [3.05, 3.63) is 73.6 Å². The largest absolute Gasteiger partial charge is 0.457 e. The molecule has 7 nitrogen and oxygen atoms in total. The van der Waals surface area contributed by atoms with Crippen molar-refractivity contribution in [2.24, 2.45) is 0 Å². The van der Waals surface area contributed by atoms with Gasteiger partial charge in [0, 0.05) is 18.7 Å². The Morgan fingerprint density at radius 1 is 1.06 bits per heavy atom. The molecule has 0 radical (unpaired) electrons. The zero-order valence-corrected chi connectivity index (χ0v) is 17.9. The van der Waals surface area contributed by atoms with Crippen molar-refractivity contribution in [3.63, 3.8) is 0 Å². The van der Waals surface area contributed by atoms with Crippen molar-refractivity contribution < 1.29 is 4.74 Å². The molecule has 1 atom stereocenters. The van der Waals surface area contributed by atoms with Crippen molar-refractivity contribution >= 4 is 16.9 Å². The van der Waals surface area contributed by atoms with Gasteiger partial charge in [0.05, 0.1) is 11.4 Å². The van der Waals surface area contributed by atoms with Gasteiger partial charge in [0.25, 0.3) is 0 Å². The van der Waals surface area contributed by atoms with Crippen LogP contribution in [0.3, 0.4) is 0 Å².